The summed E-state index contributed by atoms with van der Waals surface area (Å²) in [6, 6.07) is -10.3. The van der Waals surface area contributed by atoms with Crippen molar-refractivity contribution >= 4 is 76.9 Å². The fraction of sp³-hybridized carbons (Fsp3) is 0.717. The molecule has 0 spiro atoms. The predicted octanol–water partition coefficient (Wildman–Crippen LogP) is -5.01. The fourth-order valence-electron chi connectivity index (χ4n) is 6.36. The standard InChI is InChI=1S/C46H82N14O14/c1-24(2)22-52-44(72)29(17-34(49)61)56-36(63)19-31(43(71)51-15-11-12-40(67)68)58-39(66)21-33(46(74)55-27(7)8)60-38(65)20-32(45(73)53-23-25(3)4)59-37(64)18-30(42(70)50-14-10-9-13-47)57-35(62)16-28(48)41(69)54-26(5)6/h24-33H,9-23,47-48H2,1-8H3,(H2,49,61)(H,50,70)(H,51,71)(H,52,72)(H,53,73)(H,54,69)(H,55,74)(H,56,63)(H,57,62)(H,58,66)(H,59,64)(H,60,65)(H,67,68)/t28-,29-,30-,31-,32-,33-/m0/s1. The Labute approximate surface area is 431 Å². The molecule has 0 aromatic heterocycles. The van der Waals surface area contributed by atoms with E-state index in [1.807, 2.05) is 0 Å². The van der Waals surface area contributed by atoms with Gasteiger partial charge in [-0.15, -0.1) is 0 Å². The largest absolute Gasteiger partial charge is 0.481 e. The first kappa shape index (κ1) is 67.0. The van der Waals surface area contributed by atoms with Crippen LogP contribution in [0, 0.1) is 11.8 Å². The van der Waals surface area contributed by atoms with Crippen LogP contribution >= 0.6 is 0 Å². The van der Waals surface area contributed by atoms with Crippen LogP contribution in [-0.4, -0.2) is 163 Å². The van der Waals surface area contributed by atoms with Crippen molar-refractivity contribution in [1.29, 1.82) is 0 Å². The van der Waals surface area contributed by atoms with Gasteiger partial charge in [0.2, 0.25) is 70.9 Å². The van der Waals surface area contributed by atoms with Gasteiger partial charge in [0.05, 0.1) is 44.6 Å². The first-order valence-electron chi connectivity index (χ1n) is 24.7. The maximum absolute atomic E-state index is 13.8. The molecule has 28 heteroatoms. The highest BCUT2D eigenvalue weighted by molar-refractivity contribution is 5.99. The molecule has 0 aromatic rings. The van der Waals surface area contributed by atoms with Crippen LogP contribution in [0.2, 0.25) is 0 Å². The Morgan fingerprint density at radius 2 is 0.730 bits per heavy atom. The van der Waals surface area contributed by atoms with Gasteiger partial charge in [-0.3, -0.25) is 62.3 Å². The van der Waals surface area contributed by atoms with Crippen LogP contribution in [0.25, 0.3) is 0 Å². The number of nitrogens with one attached hydrogen (secondary N) is 11. The molecule has 0 heterocycles. The summed E-state index contributed by atoms with van der Waals surface area (Å²) in [6.07, 6.45) is -3.86. The summed E-state index contributed by atoms with van der Waals surface area (Å²) in [5.41, 5.74) is 16.7. The summed E-state index contributed by atoms with van der Waals surface area (Å²) in [7, 11) is 0. The van der Waals surface area contributed by atoms with Gasteiger partial charge in [0.1, 0.15) is 30.2 Å². The Hall–Kier alpha value is -6.97. The Balaban J connectivity index is 6.66. The number of amides is 12. The van der Waals surface area contributed by atoms with E-state index in [0.29, 0.717) is 19.4 Å². The van der Waals surface area contributed by atoms with Gasteiger partial charge in [0.25, 0.3) is 0 Å². The van der Waals surface area contributed by atoms with Gasteiger partial charge in [-0.25, -0.2) is 0 Å². The number of hydrogen-bond acceptors (Lipinski definition) is 15. The van der Waals surface area contributed by atoms with Gasteiger partial charge in [0.15, 0.2) is 0 Å². The van der Waals surface area contributed by atoms with E-state index < -0.39 is 158 Å². The lowest BCUT2D eigenvalue weighted by atomic mass is 10.1. The van der Waals surface area contributed by atoms with Crippen molar-refractivity contribution in [3.63, 3.8) is 0 Å². The second-order valence-corrected chi connectivity index (χ2v) is 19.1. The molecule has 18 N–H and O–H groups in total. The lowest BCUT2D eigenvalue weighted by Crippen LogP contribution is -2.56. The molecule has 28 nitrogen and oxygen atoms in total. The number of carboxylic acid groups (broad SMARTS) is 1. The molecular formula is C46H82N14O14. The molecule has 74 heavy (non-hydrogen) atoms. The molecular weight excluding hydrogens is 973 g/mol. The van der Waals surface area contributed by atoms with Crippen LogP contribution < -0.4 is 75.7 Å². The van der Waals surface area contributed by atoms with Gasteiger partial charge >= 0.3 is 5.97 Å². The number of hydrogen-bond donors (Lipinski definition) is 15. The third kappa shape index (κ3) is 31.5. The Morgan fingerprint density at radius 1 is 0.405 bits per heavy atom. The highest BCUT2D eigenvalue weighted by Gasteiger charge is 2.33. The SMILES string of the molecule is CC(C)CNC(=O)[C@H](CC(N)=O)NC(=O)C[C@H](NC(=O)C[C@H](NC(=O)C[C@H](NC(=O)C[C@H](NC(=O)C[C@H](N)C(=O)NC(C)C)C(=O)NCCCCN)C(=O)NCC(C)C)C(=O)NC(C)C)C(=O)NCCCC(=O)O. The summed E-state index contributed by atoms with van der Waals surface area (Å²) in [5.74, 6) is -12.1. The highest BCUT2D eigenvalue weighted by Crippen LogP contribution is 2.06. The Kier molecular flexibility index (Phi) is 32.6. The molecule has 0 saturated heterocycles. The quantitative estimate of drug-likeness (QED) is 0.0259. The van der Waals surface area contributed by atoms with Crippen molar-refractivity contribution < 1.29 is 67.4 Å². The average molecular weight is 1060 g/mol. The lowest BCUT2D eigenvalue weighted by Gasteiger charge is -2.24. The monoisotopic (exact) mass is 1050 g/mol. The molecule has 0 aliphatic heterocycles. The molecule has 0 saturated carbocycles. The van der Waals surface area contributed by atoms with Gasteiger partial charge < -0.3 is 80.8 Å². The number of carbonyl (C=O) groups is 13. The van der Waals surface area contributed by atoms with Crippen molar-refractivity contribution in [2.75, 3.05) is 32.7 Å². The smallest absolute Gasteiger partial charge is 0.303 e. The summed E-state index contributed by atoms with van der Waals surface area (Å²) in [5, 5.41) is 36.1. The van der Waals surface area contributed by atoms with Crippen LogP contribution in [0.5, 0.6) is 0 Å². The molecule has 420 valence electrons. The third-order valence-corrected chi connectivity index (χ3v) is 9.99. The minimum atomic E-state index is -1.73. The number of aliphatic carboxylic acids is 1. The number of carbonyl (C=O) groups excluding carboxylic acids is 12. The van der Waals surface area contributed by atoms with Crippen molar-refractivity contribution in [3.8, 4) is 0 Å². The first-order valence-corrected chi connectivity index (χ1v) is 24.7. The first-order chi connectivity index (χ1) is 34.5. The Morgan fingerprint density at radius 3 is 1.07 bits per heavy atom. The van der Waals surface area contributed by atoms with E-state index in [9.17, 15) is 62.3 Å². The molecule has 0 bridgehead atoms. The van der Waals surface area contributed by atoms with E-state index >= 15 is 0 Å². The second kappa shape index (κ2) is 36.0. The maximum atomic E-state index is 13.8. The van der Waals surface area contributed by atoms with E-state index in [4.69, 9.17) is 22.3 Å². The summed E-state index contributed by atoms with van der Waals surface area (Å²) >= 11 is 0. The maximum Gasteiger partial charge on any atom is 0.303 e. The molecule has 0 aromatic carbocycles. The van der Waals surface area contributed by atoms with Crippen LogP contribution in [0.4, 0.5) is 0 Å². The minimum absolute atomic E-state index is 0.00612. The van der Waals surface area contributed by atoms with Crippen molar-refractivity contribution in [1.82, 2.24) is 58.5 Å². The highest BCUT2D eigenvalue weighted by atomic mass is 16.4. The van der Waals surface area contributed by atoms with E-state index in [1.54, 1.807) is 55.4 Å². The zero-order valence-corrected chi connectivity index (χ0v) is 43.9. The molecule has 0 fully saturated rings. The summed E-state index contributed by atoms with van der Waals surface area (Å²) in [6.45, 7) is 14.2. The van der Waals surface area contributed by atoms with Crippen LogP contribution in [0.1, 0.15) is 120 Å². The van der Waals surface area contributed by atoms with Crippen LogP contribution in [-0.2, 0) is 62.3 Å². The van der Waals surface area contributed by atoms with Gasteiger partial charge in [-0.05, 0) is 65.3 Å². The molecule has 0 aliphatic rings. The van der Waals surface area contributed by atoms with E-state index in [1.165, 1.54) is 0 Å². The molecule has 12 amide bonds. The molecule has 0 radical (unpaired) electrons. The van der Waals surface area contributed by atoms with Crippen LogP contribution in [0.15, 0.2) is 0 Å². The number of rotatable bonds is 37. The van der Waals surface area contributed by atoms with Gasteiger partial charge in [-0.1, -0.05) is 27.7 Å². The average Bonchev–Trinajstić information content (AvgIpc) is 3.28. The zero-order chi connectivity index (χ0) is 56.7. The minimum Gasteiger partial charge on any atom is -0.481 e. The normalized spacial score (nSPS) is 13.4. The number of nitrogens with two attached hydrogens (primary N) is 3. The number of unbranched alkanes of at least 4 members (excludes halogenated alkanes) is 1. The van der Waals surface area contributed by atoms with Crippen molar-refractivity contribution in [2.24, 2.45) is 29.0 Å². The van der Waals surface area contributed by atoms with E-state index in [2.05, 4.69) is 58.5 Å². The van der Waals surface area contributed by atoms with Crippen molar-refractivity contribution in [2.45, 2.75) is 168 Å². The third-order valence-electron chi connectivity index (χ3n) is 9.99. The molecule has 0 aliphatic carbocycles. The predicted molar refractivity (Wildman–Crippen MR) is 268 cm³/mol. The van der Waals surface area contributed by atoms with Gasteiger partial charge in [0, 0.05) is 44.7 Å². The number of carboxylic acids is 1. The second-order valence-electron chi connectivity index (χ2n) is 19.1. The number of primary amides is 1. The van der Waals surface area contributed by atoms with Crippen LogP contribution in [0.3, 0.4) is 0 Å². The molecule has 6 atom stereocenters. The zero-order valence-electron chi connectivity index (χ0n) is 43.9. The van der Waals surface area contributed by atoms with E-state index in [-0.39, 0.29) is 56.9 Å². The summed E-state index contributed by atoms with van der Waals surface area (Å²) in [4.78, 5) is 169. The lowest BCUT2D eigenvalue weighted by molar-refractivity contribution is -0.137. The summed E-state index contributed by atoms with van der Waals surface area (Å²) < 4.78 is 0. The Bertz CT molecular complexity index is 1930. The van der Waals surface area contributed by atoms with E-state index in [0.717, 1.165) is 0 Å². The van der Waals surface area contributed by atoms with Crippen molar-refractivity contribution in [3.05, 3.63) is 0 Å². The molecule has 0 unspecified atom stereocenters. The van der Waals surface area contributed by atoms with Gasteiger partial charge in [-0.2, -0.15) is 0 Å². The topological polar surface area (TPSA) is 453 Å². The molecule has 0 rings (SSSR count). The fourth-order valence-corrected chi connectivity index (χ4v) is 6.36.